The first-order chi connectivity index (χ1) is 11.7. The molecule has 0 bridgehead atoms. The molecule has 0 heterocycles. The monoisotopic (exact) mass is 470 g/mol. The molecule has 0 aliphatic carbocycles. The van der Waals surface area contributed by atoms with Crippen molar-refractivity contribution in [3.8, 4) is 0 Å². The molecule has 0 saturated carbocycles. The van der Waals surface area contributed by atoms with Gasteiger partial charge in [0, 0.05) is 17.1 Å². The van der Waals surface area contributed by atoms with E-state index in [4.69, 9.17) is 11.6 Å². The lowest BCUT2D eigenvalue weighted by Gasteiger charge is -2.31. The lowest BCUT2D eigenvalue weighted by atomic mass is 10.0. The molecular formula is C20H24ClIN2O. The molecule has 0 radical (unpaired) electrons. The van der Waals surface area contributed by atoms with Crippen molar-refractivity contribution < 1.29 is 4.79 Å². The van der Waals surface area contributed by atoms with Crippen LogP contribution in [0, 0.1) is 13.8 Å². The molecule has 1 unspecified atom stereocenters. The molecule has 2 aromatic carbocycles. The zero-order valence-corrected chi connectivity index (χ0v) is 18.0. The number of carbonyl (C=O) groups is 1. The number of alkyl halides is 1. The summed E-state index contributed by atoms with van der Waals surface area (Å²) in [6.07, 6.45) is 0.790. The number of carbonyl (C=O) groups excluding carboxylic acids is 1. The van der Waals surface area contributed by atoms with Gasteiger partial charge in [-0.2, -0.15) is 0 Å². The van der Waals surface area contributed by atoms with Crippen LogP contribution in [-0.2, 0) is 3.55 Å². The number of hydrogen-bond acceptors (Lipinski definition) is 2. The van der Waals surface area contributed by atoms with Crippen LogP contribution in [0.15, 0.2) is 42.5 Å². The molecule has 0 fully saturated rings. The normalized spacial score (nSPS) is 13.6. The Morgan fingerprint density at radius 1 is 1.16 bits per heavy atom. The maximum absolute atomic E-state index is 13.0. The Kier molecular flexibility index (Phi) is 6.88. The summed E-state index contributed by atoms with van der Waals surface area (Å²) in [6, 6.07) is 13.6. The summed E-state index contributed by atoms with van der Waals surface area (Å²) in [5.41, 5.74) is 3.82. The summed E-state index contributed by atoms with van der Waals surface area (Å²) < 4.78 is -0.500. The molecule has 2 rings (SSSR count). The van der Waals surface area contributed by atoms with E-state index in [1.165, 1.54) is 0 Å². The van der Waals surface area contributed by atoms with E-state index < -0.39 is 3.55 Å². The van der Waals surface area contributed by atoms with Crippen LogP contribution < -0.4 is 5.32 Å². The molecule has 0 saturated heterocycles. The van der Waals surface area contributed by atoms with E-state index in [0.717, 1.165) is 35.2 Å². The van der Waals surface area contributed by atoms with Crippen LogP contribution in [0.4, 0.5) is 0 Å². The number of nitrogens with zero attached hydrogens (tertiary/aromatic N) is 1. The molecule has 25 heavy (non-hydrogen) atoms. The maximum Gasteiger partial charge on any atom is 0.252 e. The molecule has 0 aliphatic rings. The molecular weight excluding hydrogens is 447 g/mol. The van der Waals surface area contributed by atoms with Crippen LogP contribution >= 0.6 is 34.2 Å². The van der Waals surface area contributed by atoms with Gasteiger partial charge in [0.25, 0.3) is 5.91 Å². The first kappa shape index (κ1) is 20.2. The SMILES string of the molecule is Cc1ccc(C)c(C(=O)NC(I)(CCN(C)C)c2ccc(Cl)cc2)c1. The third-order valence-corrected chi connectivity index (χ3v) is 5.84. The van der Waals surface area contributed by atoms with Gasteiger partial charge in [0.1, 0.15) is 3.55 Å². The first-order valence-electron chi connectivity index (χ1n) is 8.21. The standard InChI is InChI=1S/C20H24ClIN2O/c1-14-5-6-15(2)18(13-14)19(25)23-20(22,11-12-24(3)4)16-7-9-17(21)10-8-16/h5-10,13H,11-12H2,1-4H3,(H,23,25). The minimum absolute atomic E-state index is 0.0516. The highest BCUT2D eigenvalue weighted by atomic mass is 127. The Morgan fingerprint density at radius 2 is 1.80 bits per heavy atom. The van der Waals surface area contributed by atoms with Crippen molar-refractivity contribution in [2.24, 2.45) is 0 Å². The van der Waals surface area contributed by atoms with E-state index in [9.17, 15) is 4.79 Å². The fourth-order valence-corrected chi connectivity index (χ4v) is 3.57. The van der Waals surface area contributed by atoms with Gasteiger partial charge in [0.15, 0.2) is 0 Å². The lowest BCUT2D eigenvalue weighted by Crippen LogP contribution is -2.43. The minimum Gasteiger partial charge on any atom is -0.334 e. The van der Waals surface area contributed by atoms with Crippen LogP contribution in [0.1, 0.15) is 33.5 Å². The van der Waals surface area contributed by atoms with Crippen LogP contribution in [-0.4, -0.2) is 31.4 Å². The summed E-state index contributed by atoms with van der Waals surface area (Å²) in [5, 5.41) is 3.94. The summed E-state index contributed by atoms with van der Waals surface area (Å²) >= 11 is 8.38. The van der Waals surface area contributed by atoms with Gasteiger partial charge >= 0.3 is 0 Å². The third kappa shape index (κ3) is 5.43. The van der Waals surface area contributed by atoms with Crippen molar-refractivity contribution in [3.05, 3.63) is 69.7 Å². The summed E-state index contributed by atoms with van der Waals surface area (Å²) in [4.78, 5) is 15.1. The number of halogens is 2. The van der Waals surface area contributed by atoms with Crippen molar-refractivity contribution in [2.75, 3.05) is 20.6 Å². The second kappa shape index (κ2) is 8.52. The van der Waals surface area contributed by atoms with E-state index in [1.807, 2.05) is 70.4 Å². The van der Waals surface area contributed by atoms with Crippen molar-refractivity contribution in [2.45, 2.75) is 23.8 Å². The fourth-order valence-electron chi connectivity index (χ4n) is 2.60. The van der Waals surface area contributed by atoms with Crippen molar-refractivity contribution in [3.63, 3.8) is 0 Å². The van der Waals surface area contributed by atoms with Gasteiger partial charge in [-0.3, -0.25) is 4.79 Å². The number of rotatable bonds is 6. The molecule has 1 atom stereocenters. The first-order valence-corrected chi connectivity index (χ1v) is 9.66. The predicted octanol–water partition coefficient (Wildman–Crippen LogP) is 4.93. The molecule has 5 heteroatoms. The highest BCUT2D eigenvalue weighted by Crippen LogP contribution is 2.34. The third-order valence-electron chi connectivity index (χ3n) is 4.15. The zero-order chi connectivity index (χ0) is 18.6. The molecule has 1 N–H and O–H groups in total. The summed E-state index contributed by atoms with van der Waals surface area (Å²) in [6.45, 7) is 4.82. The number of benzene rings is 2. The average Bonchev–Trinajstić information content (AvgIpc) is 2.55. The topological polar surface area (TPSA) is 32.3 Å². The predicted molar refractivity (Wildman–Crippen MR) is 114 cm³/mol. The van der Waals surface area contributed by atoms with E-state index in [-0.39, 0.29) is 5.91 Å². The van der Waals surface area contributed by atoms with E-state index >= 15 is 0 Å². The fraction of sp³-hybridized carbons (Fsp3) is 0.350. The van der Waals surface area contributed by atoms with Gasteiger partial charge in [-0.05, 0) is 86.3 Å². The Labute approximate surface area is 168 Å². The highest BCUT2D eigenvalue weighted by molar-refractivity contribution is 14.1. The lowest BCUT2D eigenvalue weighted by molar-refractivity contribution is 0.0927. The largest absolute Gasteiger partial charge is 0.334 e. The Bertz CT molecular complexity index is 746. The van der Waals surface area contributed by atoms with Gasteiger partial charge in [0.05, 0.1) is 0 Å². The zero-order valence-electron chi connectivity index (χ0n) is 15.1. The smallest absolute Gasteiger partial charge is 0.252 e. The molecule has 2 aromatic rings. The Balaban J connectivity index is 2.33. The van der Waals surface area contributed by atoms with Crippen LogP contribution in [0.5, 0.6) is 0 Å². The van der Waals surface area contributed by atoms with Gasteiger partial charge in [-0.1, -0.05) is 41.4 Å². The average molecular weight is 471 g/mol. The number of amides is 1. The van der Waals surface area contributed by atoms with Gasteiger partial charge in [-0.15, -0.1) is 0 Å². The van der Waals surface area contributed by atoms with Gasteiger partial charge < -0.3 is 10.2 Å². The van der Waals surface area contributed by atoms with E-state index in [2.05, 4.69) is 32.8 Å². The highest BCUT2D eigenvalue weighted by Gasteiger charge is 2.31. The number of nitrogens with one attached hydrogen (secondary N) is 1. The summed E-state index contributed by atoms with van der Waals surface area (Å²) in [5.74, 6) is -0.0516. The van der Waals surface area contributed by atoms with Crippen LogP contribution in [0.25, 0.3) is 0 Å². The Hall–Kier alpha value is -1.11. The van der Waals surface area contributed by atoms with Crippen molar-refractivity contribution in [1.82, 2.24) is 10.2 Å². The minimum atomic E-state index is -0.500. The maximum atomic E-state index is 13.0. The van der Waals surface area contributed by atoms with Crippen molar-refractivity contribution >= 4 is 40.1 Å². The van der Waals surface area contributed by atoms with Gasteiger partial charge in [0.2, 0.25) is 0 Å². The molecule has 1 amide bonds. The van der Waals surface area contributed by atoms with Gasteiger partial charge in [-0.25, -0.2) is 0 Å². The van der Waals surface area contributed by atoms with Crippen LogP contribution in [0.3, 0.4) is 0 Å². The Morgan fingerprint density at radius 3 is 2.40 bits per heavy atom. The van der Waals surface area contributed by atoms with E-state index in [0.29, 0.717) is 5.02 Å². The molecule has 0 aromatic heterocycles. The van der Waals surface area contributed by atoms with E-state index in [1.54, 1.807) is 0 Å². The van der Waals surface area contributed by atoms with Crippen molar-refractivity contribution in [1.29, 1.82) is 0 Å². The quantitative estimate of drug-likeness (QED) is 0.369. The molecule has 134 valence electrons. The second-order valence-electron chi connectivity index (χ2n) is 6.63. The van der Waals surface area contributed by atoms with Crippen LogP contribution in [0.2, 0.25) is 5.02 Å². The molecule has 0 aliphatic heterocycles. The molecule has 0 spiro atoms. The second-order valence-corrected chi connectivity index (χ2v) is 8.91. The molecule has 3 nitrogen and oxygen atoms in total. The summed E-state index contributed by atoms with van der Waals surface area (Å²) in [7, 11) is 4.07. The number of aryl methyl sites for hydroxylation is 2. The number of hydrogen-bond donors (Lipinski definition) is 1.